The first kappa shape index (κ1) is 15.5. The number of hydrogen-bond acceptors (Lipinski definition) is 5. The van der Waals surface area contributed by atoms with E-state index < -0.39 is 5.69 Å². The summed E-state index contributed by atoms with van der Waals surface area (Å²) in [5, 5.41) is 0. The summed E-state index contributed by atoms with van der Waals surface area (Å²) in [6, 6.07) is 3.64. The molecule has 0 aliphatic rings. The fourth-order valence-corrected chi connectivity index (χ4v) is 3.04. The lowest BCUT2D eigenvalue weighted by atomic mass is 10.3. The molecule has 9 nitrogen and oxygen atoms in total. The van der Waals surface area contributed by atoms with E-state index in [2.05, 4.69) is 4.98 Å². The Morgan fingerprint density at radius 1 is 1.24 bits per heavy atom. The molecule has 4 aromatic heterocycles. The molecule has 130 valence electrons. The molecule has 4 heterocycles. The number of imidazole rings is 2. The van der Waals surface area contributed by atoms with Gasteiger partial charge in [-0.2, -0.15) is 4.98 Å². The third kappa shape index (κ3) is 2.09. The number of aryl methyl sites for hydroxylation is 1. The summed E-state index contributed by atoms with van der Waals surface area (Å²) >= 11 is 0. The largest absolute Gasteiger partial charge is 0.463 e. The first-order valence-corrected chi connectivity index (χ1v) is 7.74. The van der Waals surface area contributed by atoms with Gasteiger partial charge in [0, 0.05) is 33.9 Å². The monoisotopic (exact) mass is 343 g/mol. The molecule has 0 radical (unpaired) electrons. The van der Waals surface area contributed by atoms with Gasteiger partial charge in [-0.3, -0.25) is 18.3 Å². The van der Waals surface area contributed by atoms with Crippen molar-refractivity contribution in [2.45, 2.75) is 6.54 Å². The van der Waals surface area contributed by atoms with Gasteiger partial charge in [-0.1, -0.05) is 0 Å². The van der Waals surface area contributed by atoms with Gasteiger partial charge in [-0.25, -0.2) is 4.79 Å². The zero-order valence-corrected chi connectivity index (χ0v) is 14.1. The van der Waals surface area contributed by atoms with E-state index in [9.17, 15) is 9.59 Å². The highest BCUT2D eigenvalue weighted by atomic mass is 16.5. The Morgan fingerprint density at radius 3 is 2.72 bits per heavy atom. The molecule has 0 saturated heterocycles. The Morgan fingerprint density at radius 2 is 2.04 bits per heavy atom. The van der Waals surface area contributed by atoms with Gasteiger partial charge in [-0.15, -0.1) is 0 Å². The van der Waals surface area contributed by atoms with Gasteiger partial charge >= 0.3 is 5.69 Å². The number of fused-ring (bicyclic) bond motifs is 3. The van der Waals surface area contributed by atoms with Crippen LogP contribution in [0.4, 0.5) is 0 Å². The molecule has 0 aliphatic heterocycles. The van der Waals surface area contributed by atoms with Crippen LogP contribution in [-0.2, 0) is 25.4 Å². The molecule has 0 spiro atoms. The molecule has 0 atom stereocenters. The average molecular weight is 343 g/mol. The molecule has 0 fully saturated rings. The summed E-state index contributed by atoms with van der Waals surface area (Å²) in [6.07, 6.45) is 3.39. The van der Waals surface area contributed by atoms with Crippen LogP contribution in [0.5, 0.6) is 0 Å². The third-order valence-electron chi connectivity index (χ3n) is 4.35. The molecule has 0 bridgehead atoms. The molecule has 4 rings (SSSR count). The molecule has 0 aromatic carbocycles. The number of hydrogen-bond donors (Lipinski definition) is 0. The van der Waals surface area contributed by atoms with Crippen molar-refractivity contribution in [1.82, 2.24) is 23.1 Å². The maximum Gasteiger partial charge on any atom is 0.332 e. The van der Waals surface area contributed by atoms with E-state index in [-0.39, 0.29) is 5.56 Å². The maximum absolute atomic E-state index is 12.6. The Labute approximate surface area is 141 Å². The summed E-state index contributed by atoms with van der Waals surface area (Å²) in [7, 11) is 4.68. The van der Waals surface area contributed by atoms with Crippen LogP contribution in [-0.4, -0.2) is 36.8 Å². The van der Waals surface area contributed by atoms with Gasteiger partial charge in [0.2, 0.25) is 5.78 Å². The van der Waals surface area contributed by atoms with Crippen molar-refractivity contribution < 1.29 is 9.15 Å². The maximum atomic E-state index is 12.6. The lowest BCUT2D eigenvalue weighted by Crippen LogP contribution is -2.37. The van der Waals surface area contributed by atoms with E-state index in [0.717, 1.165) is 10.3 Å². The standard InChI is InChI=1S/C16H17N5O4/c1-18-13-12(14(22)19(2)16(18)23)21-9-10(11-5-4-7-25-11)20(6-8-24-3)15(21)17-13/h4-5,7,9H,6,8H2,1-3H3. The molecule has 0 N–H and O–H groups in total. The smallest absolute Gasteiger partial charge is 0.332 e. The Hall–Kier alpha value is -3.07. The highest BCUT2D eigenvalue weighted by Gasteiger charge is 2.21. The zero-order valence-electron chi connectivity index (χ0n) is 14.1. The minimum atomic E-state index is -0.409. The summed E-state index contributed by atoms with van der Waals surface area (Å²) in [5.74, 6) is 1.22. The van der Waals surface area contributed by atoms with Gasteiger partial charge in [0.1, 0.15) is 5.69 Å². The average Bonchev–Trinajstić information content (AvgIpc) is 3.31. The summed E-state index contributed by atoms with van der Waals surface area (Å²) in [6.45, 7) is 0.999. The van der Waals surface area contributed by atoms with Crippen molar-refractivity contribution in [1.29, 1.82) is 0 Å². The van der Waals surface area contributed by atoms with Gasteiger partial charge < -0.3 is 13.7 Å². The van der Waals surface area contributed by atoms with Crippen LogP contribution in [0, 0.1) is 0 Å². The Kier molecular flexibility index (Phi) is 3.39. The third-order valence-corrected chi connectivity index (χ3v) is 4.35. The van der Waals surface area contributed by atoms with Crippen molar-refractivity contribution >= 4 is 16.9 Å². The van der Waals surface area contributed by atoms with Crippen LogP contribution in [0.1, 0.15) is 0 Å². The van der Waals surface area contributed by atoms with Crippen LogP contribution >= 0.6 is 0 Å². The second kappa shape index (κ2) is 5.49. The topological polar surface area (TPSA) is 88.6 Å². The van der Waals surface area contributed by atoms with Crippen molar-refractivity contribution in [2.24, 2.45) is 14.1 Å². The molecular weight excluding hydrogens is 326 g/mol. The van der Waals surface area contributed by atoms with Crippen LogP contribution in [0.15, 0.2) is 38.6 Å². The van der Waals surface area contributed by atoms with Crippen LogP contribution in [0.3, 0.4) is 0 Å². The molecule has 25 heavy (non-hydrogen) atoms. The fraction of sp³-hybridized carbons (Fsp3) is 0.312. The SMILES string of the molecule is COCCn1c(-c2ccco2)cn2c3c(=O)n(C)c(=O)n(C)c3nc12. The summed E-state index contributed by atoms with van der Waals surface area (Å²) < 4.78 is 16.8. The number of ether oxygens (including phenoxy) is 1. The van der Waals surface area contributed by atoms with E-state index in [1.807, 2.05) is 10.6 Å². The van der Waals surface area contributed by atoms with Crippen molar-refractivity contribution in [3.63, 3.8) is 0 Å². The van der Waals surface area contributed by atoms with Crippen molar-refractivity contribution in [3.8, 4) is 11.5 Å². The number of nitrogens with zero attached hydrogens (tertiary/aromatic N) is 5. The van der Waals surface area contributed by atoms with Crippen molar-refractivity contribution in [2.75, 3.05) is 13.7 Å². The van der Waals surface area contributed by atoms with E-state index in [0.29, 0.717) is 35.9 Å². The number of furan rings is 1. The Bertz CT molecular complexity index is 1190. The van der Waals surface area contributed by atoms with E-state index >= 15 is 0 Å². The fourth-order valence-electron chi connectivity index (χ4n) is 3.04. The number of rotatable bonds is 4. The normalized spacial score (nSPS) is 11.8. The molecule has 0 aliphatic carbocycles. The quantitative estimate of drug-likeness (QED) is 0.541. The molecular formula is C16H17N5O4. The Balaban J connectivity index is 2.13. The zero-order chi connectivity index (χ0) is 17.7. The first-order valence-electron chi connectivity index (χ1n) is 7.74. The van der Waals surface area contributed by atoms with Gasteiger partial charge in [0.25, 0.3) is 5.56 Å². The van der Waals surface area contributed by atoms with E-state index in [1.54, 1.807) is 37.1 Å². The predicted octanol–water partition coefficient (Wildman–Crippen LogP) is 0.593. The molecule has 4 aromatic rings. The van der Waals surface area contributed by atoms with Gasteiger partial charge in [0.05, 0.1) is 12.9 Å². The highest BCUT2D eigenvalue weighted by Crippen LogP contribution is 2.25. The first-order chi connectivity index (χ1) is 12.0. The highest BCUT2D eigenvalue weighted by molar-refractivity contribution is 5.77. The molecule has 0 unspecified atom stereocenters. The second-order valence-electron chi connectivity index (χ2n) is 5.80. The van der Waals surface area contributed by atoms with Gasteiger partial charge in [-0.05, 0) is 12.1 Å². The van der Waals surface area contributed by atoms with Gasteiger partial charge in [0.15, 0.2) is 16.9 Å². The van der Waals surface area contributed by atoms with E-state index in [1.165, 1.54) is 11.6 Å². The van der Waals surface area contributed by atoms with E-state index in [4.69, 9.17) is 9.15 Å². The van der Waals surface area contributed by atoms with Crippen LogP contribution in [0.2, 0.25) is 0 Å². The minimum absolute atomic E-state index is 0.347. The molecule has 0 saturated carbocycles. The lowest BCUT2D eigenvalue weighted by molar-refractivity contribution is 0.188. The second-order valence-corrected chi connectivity index (χ2v) is 5.80. The molecule has 9 heteroatoms. The minimum Gasteiger partial charge on any atom is -0.463 e. The summed E-state index contributed by atoms with van der Waals surface area (Å²) in [4.78, 5) is 29.3. The number of aromatic nitrogens is 5. The summed E-state index contributed by atoms with van der Waals surface area (Å²) in [5.41, 5.74) is 0.680. The van der Waals surface area contributed by atoms with Crippen LogP contribution < -0.4 is 11.2 Å². The lowest BCUT2D eigenvalue weighted by Gasteiger charge is -2.06. The van der Waals surface area contributed by atoms with Crippen molar-refractivity contribution in [3.05, 3.63) is 45.4 Å². The van der Waals surface area contributed by atoms with Crippen LogP contribution in [0.25, 0.3) is 28.4 Å². The molecule has 0 amide bonds. The number of methoxy groups -OCH3 is 1. The predicted molar refractivity (Wildman–Crippen MR) is 90.7 cm³/mol.